The summed E-state index contributed by atoms with van der Waals surface area (Å²) >= 11 is 0.450. The van der Waals surface area contributed by atoms with Crippen molar-refractivity contribution in [3.05, 3.63) is 212 Å². The summed E-state index contributed by atoms with van der Waals surface area (Å²) in [6.45, 7) is 0. The molecule has 0 heterocycles. The van der Waals surface area contributed by atoms with Gasteiger partial charge in [-0.1, -0.05) is 0 Å². The van der Waals surface area contributed by atoms with Gasteiger partial charge in [0.15, 0.2) is 0 Å². The summed E-state index contributed by atoms with van der Waals surface area (Å²) in [5.74, 6) is 0.657. The molecule has 12 rings (SSSR count). The van der Waals surface area contributed by atoms with Gasteiger partial charge in [0.25, 0.3) is 0 Å². The van der Waals surface area contributed by atoms with Gasteiger partial charge in [0.1, 0.15) is 0 Å². The predicted molar refractivity (Wildman–Crippen MR) is 179 cm³/mol. The molecular formula is C40H26SSe2. The second-order valence-electron chi connectivity index (χ2n) is 12.0. The Morgan fingerprint density at radius 3 is 0.767 bits per heavy atom. The molecule has 6 aliphatic carbocycles. The van der Waals surface area contributed by atoms with Gasteiger partial charge in [-0.3, -0.25) is 0 Å². The van der Waals surface area contributed by atoms with Crippen molar-refractivity contribution in [1.82, 2.24) is 0 Å². The van der Waals surface area contributed by atoms with Crippen LogP contribution in [0.25, 0.3) is 0 Å². The first-order valence-electron chi connectivity index (χ1n) is 14.9. The van der Waals surface area contributed by atoms with Gasteiger partial charge in [0.05, 0.1) is 0 Å². The van der Waals surface area contributed by atoms with E-state index in [4.69, 9.17) is 0 Å². The Morgan fingerprint density at radius 2 is 0.535 bits per heavy atom. The van der Waals surface area contributed by atoms with Crippen molar-refractivity contribution in [2.24, 2.45) is 0 Å². The quantitative estimate of drug-likeness (QED) is 0.167. The van der Waals surface area contributed by atoms with Gasteiger partial charge >= 0.3 is 269 Å². The van der Waals surface area contributed by atoms with Crippen molar-refractivity contribution in [1.29, 1.82) is 0 Å². The van der Waals surface area contributed by atoms with Crippen LogP contribution in [0.15, 0.2) is 146 Å². The van der Waals surface area contributed by atoms with Crippen LogP contribution in [0.1, 0.15) is 78.6 Å². The summed E-state index contributed by atoms with van der Waals surface area (Å²) in [5, 5.41) is 0. The zero-order valence-electron chi connectivity index (χ0n) is 23.2. The molecule has 0 saturated carbocycles. The molecule has 0 nitrogen and oxygen atoms in total. The molecule has 3 heteroatoms. The van der Waals surface area contributed by atoms with E-state index in [0.29, 0.717) is 11.8 Å². The van der Waals surface area contributed by atoms with Crippen molar-refractivity contribution in [2.75, 3.05) is 0 Å². The molecule has 0 amide bonds. The van der Waals surface area contributed by atoms with Gasteiger partial charge in [-0.25, -0.2) is 0 Å². The first kappa shape index (κ1) is 25.1. The van der Waals surface area contributed by atoms with Crippen molar-refractivity contribution in [3.8, 4) is 0 Å². The fourth-order valence-electron chi connectivity index (χ4n) is 8.68. The first-order chi connectivity index (χ1) is 21.3. The number of hydrogen-bond acceptors (Lipinski definition) is 1. The molecular weight excluding hydrogens is 670 g/mol. The van der Waals surface area contributed by atoms with Crippen LogP contribution in [0.5, 0.6) is 0 Å². The summed E-state index contributed by atoms with van der Waals surface area (Å²) < 4.78 is -0.196. The molecule has 0 radical (unpaired) electrons. The summed E-state index contributed by atoms with van der Waals surface area (Å²) in [5.41, 5.74) is 18.2. The van der Waals surface area contributed by atoms with Gasteiger partial charge in [0.2, 0.25) is 0 Å². The summed E-state index contributed by atoms with van der Waals surface area (Å²) in [7, 11) is 2.27. The minimum absolute atomic E-state index is 0.0982. The molecule has 43 heavy (non-hydrogen) atoms. The normalized spacial score (nSPS) is 24.3. The van der Waals surface area contributed by atoms with Crippen LogP contribution >= 0.6 is 8.60 Å². The third-order valence-corrected chi connectivity index (χ3v) is 22.1. The predicted octanol–water partition coefficient (Wildman–Crippen LogP) is 8.56. The molecule has 6 aliphatic rings. The van der Waals surface area contributed by atoms with Crippen LogP contribution in [0.3, 0.4) is 0 Å². The summed E-state index contributed by atoms with van der Waals surface area (Å²) in [4.78, 5) is 0. The number of benzene rings is 6. The van der Waals surface area contributed by atoms with Crippen LogP contribution in [-0.2, 0) is 8.63 Å². The SMILES string of the molecule is c1ccc2c(c1)C1c3ccccc3C2([Se]S[Se]C23c4ccccc4C(c4ccccc42)c2ccccc23)c2ccccc21. The van der Waals surface area contributed by atoms with E-state index in [0.717, 1.165) is 0 Å². The molecule has 0 aromatic heterocycles. The molecule has 0 N–H and O–H groups in total. The maximum absolute atomic E-state index is 2.44. The fraction of sp³-hybridized carbons (Fsp3) is 0.100. The van der Waals surface area contributed by atoms with Gasteiger partial charge in [-0.15, -0.1) is 0 Å². The third kappa shape index (κ3) is 3.05. The van der Waals surface area contributed by atoms with Crippen LogP contribution in [-0.4, -0.2) is 27.7 Å². The zero-order valence-corrected chi connectivity index (χ0v) is 27.5. The Bertz CT molecular complexity index is 1730. The van der Waals surface area contributed by atoms with Gasteiger partial charge in [-0.05, 0) is 0 Å². The van der Waals surface area contributed by atoms with Gasteiger partial charge < -0.3 is 0 Å². The van der Waals surface area contributed by atoms with E-state index in [-0.39, 0.29) is 36.3 Å². The van der Waals surface area contributed by atoms with Gasteiger partial charge in [0, 0.05) is 0 Å². The van der Waals surface area contributed by atoms with Crippen LogP contribution in [0.4, 0.5) is 0 Å². The second-order valence-corrected chi connectivity index (χ2v) is 22.4. The topological polar surface area (TPSA) is 0 Å². The molecule has 0 aliphatic heterocycles. The monoisotopic (exact) mass is 698 g/mol. The fourth-order valence-corrected chi connectivity index (χ4v) is 24.5. The Kier molecular flexibility index (Phi) is 5.32. The molecule has 0 fully saturated rings. The van der Waals surface area contributed by atoms with Crippen LogP contribution in [0.2, 0.25) is 0 Å². The Hall–Kier alpha value is -3.29. The molecule has 204 valence electrons. The van der Waals surface area contributed by atoms with E-state index in [1.165, 1.54) is 66.8 Å². The Labute approximate surface area is 267 Å². The van der Waals surface area contributed by atoms with E-state index in [2.05, 4.69) is 154 Å². The molecule has 0 atom stereocenters. The van der Waals surface area contributed by atoms with E-state index < -0.39 is 0 Å². The Morgan fingerprint density at radius 1 is 0.326 bits per heavy atom. The summed E-state index contributed by atoms with van der Waals surface area (Å²) in [6, 6.07) is 56.1. The molecule has 6 aromatic carbocycles. The minimum atomic E-state index is -0.0982. The average Bonchev–Trinajstić information content (AvgIpc) is 3.08. The maximum atomic E-state index is 2.44. The second kappa shape index (κ2) is 9.12. The van der Waals surface area contributed by atoms with E-state index in [9.17, 15) is 0 Å². The molecule has 6 aromatic rings. The van der Waals surface area contributed by atoms with Crippen molar-refractivity contribution < 1.29 is 0 Å². The molecule has 0 saturated heterocycles. The Balaban J connectivity index is 1.17. The average molecular weight is 697 g/mol. The standard InChI is InChI=1S/C40H26SSe2/c1-7-19-31-25(13-1)37-26-14-2-8-20-32(26)39(31,33-21-9-3-15-27(33)37)42-41-43-40-34-22-10-4-16-28(34)38(29-17-5-11-23-35(29)40)30-18-6-12-24-36(30)40/h1-24,37-38H. The zero-order chi connectivity index (χ0) is 28.2. The third-order valence-electron chi connectivity index (χ3n) is 10.2. The number of rotatable bonds is 4. The summed E-state index contributed by atoms with van der Waals surface area (Å²) in [6.07, 6.45) is 0. The van der Waals surface area contributed by atoms with Crippen molar-refractivity contribution in [2.45, 2.75) is 20.5 Å². The van der Waals surface area contributed by atoms with Crippen LogP contribution in [0, 0.1) is 0 Å². The van der Waals surface area contributed by atoms with E-state index in [1.54, 1.807) is 0 Å². The molecule has 0 spiro atoms. The van der Waals surface area contributed by atoms with Gasteiger partial charge in [-0.2, -0.15) is 0 Å². The van der Waals surface area contributed by atoms with Crippen molar-refractivity contribution in [3.63, 3.8) is 0 Å². The van der Waals surface area contributed by atoms with Crippen LogP contribution < -0.4 is 0 Å². The molecule has 0 unspecified atom stereocenters. The van der Waals surface area contributed by atoms with E-state index in [1.807, 2.05) is 0 Å². The number of hydrogen-bond donors (Lipinski definition) is 0. The molecule has 4 bridgehead atoms. The van der Waals surface area contributed by atoms with Crippen molar-refractivity contribution >= 4 is 36.3 Å². The first-order valence-corrected chi connectivity index (χ1v) is 21.5. The van der Waals surface area contributed by atoms with E-state index >= 15 is 0 Å².